The average molecular weight is 381 g/mol. The Kier molecular flexibility index (Phi) is 11.8. The molecular formula is C24H35F3. The van der Waals surface area contributed by atoms with E-state index in [-0.39, 0.29) is 0 Å². The van der Waals surface area contributed by atoms with Gasteiger partial charge in [0, 0.05) is 0 Å². The van der Waals surface area contributed by atoms with Crippen molar-refractivity contribution in [3.8, 4) is 0 Å². The summed E-state index contributed by atoms with van der Waals surface area (Å²) in [7, 11) is 0. The second-order valence-electron chi connectivity index (χ2n) is 6.96. The molecule has 0 aromatic carbocycles. The Bertz CT molecular complexity index is 635. The molecule has 0 amide bonds. The smallest absolute Gasteiger partial charge is 0.166 e. The fraction of sp³-hybridized carbons (Fsp3) is 0.500. The minimum Gasteiger partial charge on any atom is -0.166 e. The maximum Gasteiger partial charge on any atom is 0.416 e. The lowest BCUT2D eigenvalue weighted by Gasteiger charge is -2.19. The molecule has 0 aliphatic carbocycles. The van der Waals surface area contributed by atoms with E-state index in [1.807, 2.05) is 45.9 Å². The number of rotatable bonds is 10. The minimum absolute atomic E-state index is 0.352. The quantitative estimate of drug-likeness (QED) is 0.332. The van der Waals surface area contributed by atoms with E-state index < -0.39 is 11.7 Å². The maximum atomic E-state index is 13.9. The number of halogens is 3. The predicted molar refractivity (Wildman–Crippen MR) is 113 cm³/mol. The minimum atomic E-state index is -4.41. The van der Waals surface area contributed by atoms with E-state index in [1.165, 1.54) is 17.7 Å². The van der Waals surface area contributed by atoms with Crippen molar-refractivity contribution in [3.05, 3.63) is 70.4 Å². The zero-order valence-corrected chi connectivity index (χ0v) is 17.8. The van der Waals surface area contributed by atoms with Crippen LogP contribution in [0.4, 0.5) is 13.2 Å². The van der Waals surface area contributed by atoms with Gasteiger partial charge in [0.05, 0.1) is 5.57 Å². The van der Waals surface area contributed by atoms with Crippen molar-refractivity contribution < 1.29 is 13.2 Å². The molecule has 0 radical (unpaired) electrons. The van der Waals surface area contributed by atoms with Gasteiger partial charge in [0.2, 0.25) is 0 Å². The predicted octanol–water partition coefficient (Wildman–Crippen LogP) is 8.81. The lowest BCUT2D eigenvalue weighted by Crippen LogP contribution is -2.14. The first kappa shape index (κ1) is 25.2. The van der Waals surface area contributed by atoms with Gasteiger partial charge in [0.25, 0.3) is 0 Å². The summed E-state index contributed by atoms with van der Waals surface area (Å²) in [5.41, 5.74) is 3.09. The second kappa shape index (κ2) is 12.6. The molecular weight excluding hydrogens is 345 g/mol. The van der Waals surface area contributed by atoms with Gasteiger partial charge in [-0.05, 0) is 62.8 Å². The summed E-state index contributed by atoms with van der Waals surface area (Å²) < 4.78 is 41.6. The van der Waals surface area contributed by atoms with Crippen molar-refractivity contribution in [2.45, 2.75) is 79.8 Å². The van der Waals surface area contributed by atoms with Gasteiger partial charge in [-0.25, -0.2) is 0 Å². The number of hydrogen-bond acceptors (Lipinski definition) is 0. The van der Waals surface area contributed by atoms with Gasteiger partial charge in [-0.3, -0.25) is 0 Å². The molecule has 3 heteroatoms. The van der Waals surface area contributed by atoms with Crippen molar-refractivity contribution in [1.29, 1.82) is 0 Å². The van der Waals surface area contributed by atoms with Crippen LogP contribution < -0.4 is 0 Å². The fourth-order valence-corrected chi connectivity index (χ4v) is 2.85. The third kappa shape index (κ3) is 9.65. The molecule has 0 aromatic rings. The van der Waals surface area contributed by atoms with Crippen molar-refractivity contribution >= 4 is 0 Å². The molecule has 0 rings (SSSR count). The molecule has 0 N–H and O–H groups in total. The highest BCUT2D eigenvalue weighted by Gasteiger charge is 2.35. The Morgan fingerprint density at radius 1 is 0.889 bits per heavy atom. The molecule has 27 heavy (non-hydrogen) atoms. The molecule has 0 fully saturated rings. The number of allylic oxidation sites excluding steroid dienone is 11. The van der Waals surface area contributed by atoms with Crippen LogP contribution in [0, 0.1) is 0 Å². The summed E-state index contributed by atoms with van der Waals surface area (Å²) in [6.07, 6.45) is 7.75. The molecule has 0 saturated heterocycles. The summed E-state index contributed by atoms with van der Waals surface area (Å²) in [5, 5.41) is 0. The van der Waals surface area contributed by atoms with Crippen molar-refractivity contribution in [1.82, 2.24) is 0 Å². The Labute approximate surface area is 163 Å². The Morgan fingerprint density at radius 3 is 1.93 bits per heavy atom. The van der Waals surface area contributed by atoms with Crippen LogP contribution in [0.2, 0.25) is 0 Å². The first-order valence-corrected chi connectivity index (χ1v) is 9.77. The summed E-state index contributed by atoms with van der Waals surface area (Å²) in [4.78, 5) is 0. The van der Waals surface area contributed by atoms with Crippen LogP contribution in [0.25, 0.3) is 0 Å². The van der Waals surface area contributed by atoms with E-state index in [4.69, 9.17) is 0 Å². The van der Waals surface area contributed by atoms with Gasteiger partial charge < -0.3 is 0 Å². The molecule has 0 aliphatic rings. The van der Waals surface area contributed by atoms with E-state index in [9.17, 15) is 13.2 Å². The molecule has 0 saturated carbocycles. The van der Waals surface area contributed by atoms with Crippen LogP contribution in [0.15, 0.2) is 70.4 Å². The molecule has 0 spiro atoms. The van der Waals surface area contributed by atoms with Gasteiger partial charge in [0.1, 0.15) is 0 Å². The van der Waals surface area contributed by atoms with Gasteiger partial charge in [-0.15, -0.1) is 0 Å². The summed E-state index contributed by atoms with van der Waals surface area (Å²) in [5.74, 6) is 0. The Morgan fingerprint density at radius 2 is 1.48 bits per heavy atom. The lowest BCUT2D eigenvalue weighted by molar-refractivity contribution is -0.0889. The number of hydrogen-bond donors (Lipinski definition) is 0. The van der Waals surface area contributed by atoms with Gasteiger partial charge in [0.15, 0.2) is 0 Å². The topological polar surface area (TPSA) is 0 Å². The van der Waals surface area contributed by atoms with E-state index in [0.717, 1.165) is 24.8 Å². The van der Waals surface area contributed by atoms with Crippen molar-refractivity contribution in [2.24, 2.45) is 0 Å². The summed E-state index contributed by atoms with van der Waals surface area (Å²) >= 11 is 0. The highest BCUT2D eigenvalue weighted by Crippen LogP contribution is 2.36. The molecule has 0 unspecified atom stereocenters. The average Bonchev–Trinajstić information content (AvgIpc) is 2.54. The standard InChI is InChI=1S/C24H35F3/c1-8-11-19(6)15-16-21(20(7)12-9-2)22(13-10-3)23(24(25,26)27)17-14-18(4)5/h12,14-17H,4,8-11,13H2,1-3,5-7H3/b17-14-,19-15-,20-12-,21-16+,23-22-. The molecule has 0 atom stereocenters. The SMILES string of the molecule is C=C(C)\C=C/C(=C(CCC)/C(=C/C=C(/C)CCC)C(/C)=C\CC)C(F)(F)F. The van der Waals surface area contributed by atoms with E-state index >= 15 is 0 Å². The van der Waals surface area contributed by atoms with E-state index in [2.05, 4.69) is 13.5 Å². The van der Waals surface area contributed by atoms with Crippen LogP contribution >= 0.6 is 0 Å². The molecule has 0 aliphatic heterocycles. The largest absolute Gasteiger partial charge is 0.416 e. The maximum absolute atomic E-state index is 13.9. The van der Waals surface area contributed by atoms with E-state index in [0.29, 0.717) is 29.6 Å². The fourth-order valence-electron chi connectivity index (χ4n) is 2.85. The highest BCUT2D eigenvalue weighted by atomic mass is 19.4. The molecule has 152 valence electrons. The molecule has 0 bridgehead atoms. The zero-order valence-electron chi connectivity index (χ0n) is 17.8. The van der Waals surface area contributed by atoms with Crippen LogP contribution in [-0.4, -0.2) is 6.18 Å². The summed E-state index contributed by atoms with van der Waals surface area (Å²) in [6.45, 7) is 15.3. The second-order valence-corrected chi connectivity index (χ2v) is 6.96. The van der Waals surface area contributed by atoms with Crippen molar-refractivity contribution in [2.75, 3.05) is 0 Å². The first-order chi connectivity index (χ1) is 12.6. The Balaban J connectivity index is 6.72. The highest BCUT2D eigenvalue weighted by molar-refractivity contribution is 5.53. The first-order valence-electron chi connectivity index (χ1n) is 9.77. The Hall–Kier alpha value is -1.77. The van der Waals surface area contributed by atoms with Crippen LogP contribution in [0.5, 0.6) is 0 Å². The zero-order chi connectivity index (χ0) is 21.0. The molecule has 0 aromatic heterocycles. The van der Waals surface area contributed by atoms with E-state index in [1.54, 1.807) is 6.92 Å². The lowest BCUT2D eigenvalue weighted by atomic mass is 9.89. The van der Waals surface area contributed by atoms with Gasteiger partial charge in [-0.2, -0.15) is 13.2 Å². The van der Waals surface area contributed by atoms with Gasteiger partial charge >= 0.3 is 6.18 Å². The van der Waals surface area contributed by atoms with Crippen LogP contribution in [0.3, 0.4) is 0 Å². The normalized spacial score (nSPS) is 15.4. The van der Waals surface area contributed by atoms with Crippen LogP contribution in [0.1, 0.15) is 73.6 Å². The third-order valence-electron chi connectivity index (χ3n) is 4.10. The molecule has 0 nitrogen and oxygen atoms in total. The molecule has 0 heterocycles. The van der Waals surface area contributed by atoms with Crippen molar-refractivity contribution in [3.63, 3.8) is 0 Å². The number of alkyl halides is 3. The van der Waals surface area contributed by atoms with Gasteiger partial charge in [-0.1, -0.05) is 75.6 Å². The third-order valence-corrected chi connectivity index (χ3v) is 4.10. The monoisotopic (exact) mass is 380 g/mol. The summed E-state index contributed by atoms with van der Waals surface area (Å²) in [6, 6.07) is 0. The van der Waals surface area contributed by atoms with Crippen LogP contribution in [-0.2, 0) is 0 Å².